The van der Waals surface area contributed by atoms with Crippen LogP contribution < -0.4 is 9.47 Å². The van der Waals surface area contributed by atoms with Crippen LogP contribution in [-0.4, -0.2) is 98.8 Å². The average molecular weight is 468 g/mol. The molecule has 0 radical (unpaired) electrons. The SMILES string of the molecule is CCCCOc1c(Cl)cc(C(=O)N2CCN(C(=O)CN3CCOCC3)CC2)cc1OCC. The first-order chi connectivity index (χ1) is 15.5. The predicted molar refractivity (Wildman–Crippen MR) is 123 cm³/mol. The topological polar surface area (TPSA) is 71.6 Å². The quantitative estimate of drug-likeness (QED) is 0.520. The maximum atomic E-state index is 13.1. The van der Waals surface area contributed by atoms with E-state index in [9.17, 15) is 9.59 Å². The number of carbonyl (C=O) groups excluding carboxylic acids is 2. The van der Waals surface area contributed by atoms with E-state index >= 15 is 0 Å². The lowest BCUT2D eigenvalue weighted by Gasteiger charge is -2.36. The van der Waals surface area contributed by atoms with Crippen LogP contribution in [0.15, 0.2) is 12.1 Å². The van der Waals surface area contributed by atoms with Crippen molar-refractivity contribution >= 4 is 23.4 Å². The van der Waals surface area contributed by atoms with E-state index in [2.05, 4.69) is 11.8 Å². The standard InChI is InChI=1S/C23H34ClN3O5/c1-3-5-12-32-22-19(24)15-18(16-20(22)31-4-2)23(29)27-8-6-26(7-9-27)21(28)17-25-10-13-30-14-11-25/h15-16H,3-14,17H2,1-2H3. The summed E-state index contributed by atoms with van der Waals surface area (Å²) in [5.74, 6) is 0.957. The molecule has 0 aromatic heterocycles. The molecule has 8 nitrogen and oxygen atoms in total. The number of amides is 2. The lowest BCUT2D eigenvalue weighted by Crippen LogP contribution is -2.53. The van der Waals surface area contributed by atoms with Gasteiger partial charge in [-0.2, -0.15) is 0 Å². The molecule has 1 aromatic carbocycles. The number of rotatable bonds is 9. The van der Waals surface area contributed by atoms with Crippen LogP contribution in [0.5, 0.6) is 11.5 Å². The van der Waals surface area contributed by atoms with Crippen LogP contribution >= 0.6 is 11.6 Å². The molecule has 0 spiro atoms. The van der Waals surface area contributed by atoms with Gasteiger partial charge in [-0.15, -0.1) is 0 Å². The van der Waals surface area contributed by atoms with Crippen LogP contribution in [0.25, 0.3) is 0 Å². The van der Waals surface area contributed by atoms with E-state index in [0.717, 1.165) is 25.9 Å². The highest BCUT2D eigenvalue weighted by Crippen LogP contribution is 2.37. The Morgan fingerprint density at radius 2 is 1.69 bits per heavy atom. The molecular weight excluding hydrogens is 434 g/mol. The molecule has 178 valence electrons. The second-order valence-corrected chi connectivity index (χ2v) is 8.39. The number of halogens is 1. The van der Waals surface area contributed by atoms with Crippen molar-refractivity contribution in [1.29, 1.82) is 0 Å². The van der Waals surface area contributed by atoms with E-state index in [0.29, 0.717) is 81.2 Å². The van der Waals surface area contributed by atoms with Gasteiger partial charge in [0.1, 0.15) is 0 Å². The van der Waals surface area contributed by atoms with Crippen molar-refractivity contribution in [2.75, 3.05) is 72.2 Å². The fraction of sp³-hybridized carbons (Fsp3) is 0.652. The van der Waals surface area contributed by atoms with E-state index in [1.165, 1.54) is 0 Å². The molecule has 2 fully saturated rings. The van der Waals surface area contributed by atoms with Gasteiger partial charge in [-0.3, -0.25) is 14.5 Å². The molecule has 2 aliphatic rings. The Morgan fingerprint density at radius 1 is 1.00 bits per heavy atom. The van der Waals surface area contributed by atoms with Gasteiger partial charge >= 0.3 is 0 Å². The van der Waals surface area contributed by atoms with Crippen molar-refractivity contribution in [2.45, 2.75) is 26.7 Å². The highest BCUT2D eigenvalue weighted by Gasteiger charge is 2.27. The summed E-state index contributed by atoms with van der Waals surface area (Å²) in [5, 5.41) is 0.370. The molecular formula is C23H34ClN3O5. The predicted octanol–water partition coefficient (Wildman–Crippen LogP) is 2.53. The Kier molecular flexibility index (Phi) is 9.44. The number of unbranched alkanes of at least 4 members (excludes halogenated alkanes) is 1. The van der Waals surface area contributed by atoms with Crippen LogP contribution in [0.4, 0.5) is 0 Å². The number of piperazine rings is 1. The zero-order valence-corrected chi connectivity index (χ0v) is 19.9. The van der Waals surface area contributed by atoms with Gasteiger partial charge in [-0.25, -0.2) is 0 Å². The summed E-state index contributed by atoms with van der Waals surface area (Å²) in [6, 6.07) is 3.35. The van der Waals surface area contributed by atoms with Crippen LogP contribution in [0.2, 0.25) is 5.02 Å². The summed E-state index contributed by atoms with van der Waals surface area (Å²) in [5.41, 5.74) is 0.467. The molecule has 0 aliphatic carbocycles. The number of morpholine rings is 1. The third-order valence-electron chi connectivity index (χ3n) is 5.68. The molecule has 0 bridgehead atoms. The second kappa shape index (κ2) is 12.3. The number of carbonyl (C=O) groups is 2. The van der Waals surface area contributed by atoms with Crippen LogP contribution in [0.3, 0.4) is 0 Å². The van der Waals surface area contributed by atoms with E-state index in [4.69, 9.17) is 25.8 Å². The minimum Gasteiger partial charge on any atom is -0.490 e. The first-order valence-corrected chi connectivity index (χ1v) is 11.9. The monoisotopic (exact) mass is 467 g/mol. The van der Waals surface area contributed by atoms with Crippen molar-refractivity contribution in [2.24, 2.45) is 0 Å². The molecule has 0 N–H and O–H groups in total. The Balaban J connectivity index is 1.59. The highest BCUT2D eigenvalue weighted by molar-refractivity contribution is 6.32. The number of hydrogen-bond acceptors (Lipinski definition) is 6. The Labute approximate surface area is 195 Å². The summed E-state index contributed by atoms with van der Waals surface area (Å²) in [6.07, 6.45) is 1.93. The molecule has 0 unspecified atom stereocenters. The van der Waals surface area contributed by atoms with Gasteiger partial charge in [0.25, 0.3) is 5.91 Å². The van der Waals surface area contributed by atoms with Gasteiger partial charge in [-0.1, -0.05) is 24.9 Å². The summed E-state index contributed by atoms with van der Waals surface area (Å²) in [4.78, 5) is 31.4. The van der Waals surface area contributed by atoms with E-state index in [-0.39, 0.29) is 11.8 Å². The maximum Gasteiger partial charge on any atom is 0.254 e. The molecule has 2 heterocycles. The molecule has 2 aliphatic heterocycles. The Bertz CT molecular complexity index is 777. The number of benzene rings is 1. The van der Waals surface area contributed by atoms with Crippen molar-refractivity contribution in [3.8, 4) is 11.5 Å². The van der Waals surface area contributed by atoms with Gasteiger partial charge in [0.05, 0.1) is 38.0 Å². The van der Waals surface area contributed by atoms with Gasteiger partial charge in [0.15, 0.2) is 11.5 Å². The Morgan fingerprint density at radius 3 is 2.34 bits per heavy atom. The zero-order valence-electron chi connectivity index (χ0n) is 19.1. The fourth-order valence-electron chi connectivity index (χ4n) is 3.81. The molecule has 2 amide bonds. The zero-order chi connectivity index (χ0) is 22.9. The van der Waals surface area contributed by atoms with Crippen molar-refractivity contribution in [1.82, 2.24) is 14.7 Å². The average Bonchev–Trinajstić information content (AvgIpc) is 2.81. The highest BCUT2D eigenvalue weighted by atomic mass is 35.5. The van der Waals surface area contributed by atoms with Crippen molar-refractivity contribution in [3.63, 3.8) is 0 Å². The third-order valence-corrected chi connectivity index (χ3v) is 5.96. The van der Waals surface area contributed by atoms with Crippen LogP contribution in [0.1, 0.15) is 37.0 Å². The normalized spacial score (nSPS) is 17.3. The summed E-state index contributed by atoms with van der Waals surface area (Å²) < 4.78 is 16.8. The molecule has 1 aromatic rings. The first kappa shape index (κ1) is 24.6. The van der Waals surface area contributed by atoms with Crippen LogP contribution in [0, 0.1) is 0 Å². The number of ether oxygens (including phenoxy) is 3. The maximum absolute atomic E-state index is 13.1. The smallest absolute Gasteiger partial charge is 0.254 e. The van der Waals surface area contributed by atoms with Gasteiger partial charge in [0.2, 0.25) is 5.91 Å². The molecule has 3 rings (SSSR count). The molecule has 32 heavy (non-hydrogen) atoms. The summed E-state index contributed by atoms with van der Waals surface area (Å²) in [6.45, 7) is 10.3. The van der Waals surface area contributed by atoms with E-state index < -0.39 is 0 Å². The molecule has 0 atom stereocenters. The Hall–Kier alpha value is -2.03. The van der Waals surface area contributed by atoms with Gasteiger partial charge in [0, 0.05) is 44.8 Å². The second-order valence-electron chi connectivity index (χ2n) is 7.98. The number of nitrogens with zero attached hydrogens (tertiary/aromatic N) is 3. The first-order valence-electron chi connectivity index (χ1n) is 11.5. The fourth-order valence-corrected chi connectivity index (χ4v) is 4.07. The molecule has 0 saturated carbocycles. The van der Waals surface area contributed by atoms with E-state index in [1.807, 2.05) is 11.8 Å². The largest absolute Gasteiger partial charge is 0.490 e. The van der Waals surface area contributed by atoms with Crippen molar-refractivity contribution in [3.05, 3.63) is 22.7 Å². The molecule has 9 heteroatoms. The minimum atomic E-state index is -0.117. The van der Waals surface area contributed by atoms with Crippen molar-refractivity contribution < 1.29 is 23.8 Å². The summed E-state index contributed by atoms with van der Waals surface area (Å²) in [7, 11) is 0. The van der Waals surface area contributed by atoms with Gasteiger partial charge < -0.3 is 24.0 Å². The number of hydrogen-bond donors (Lipinski definition) is 0. The van der Waals surface area contributed by atoms with E-state index in [1.54, 1.807) is 17.0 Å². The third kappa shape index (κ3) is 6.49. The minimum absolute atomic E-state index is 0.106. The lowest BCUT2D eigenvalue weighted by atomic mass is 10.1. The van der Waals surface area contributed by atoms with Gasteiger partial charge in [-0.05, 0) is 25.5 Å². The summed E-state index contributed by atoms with van der Waals surface area (Å²) >= 11 is 6.45. The van der Waals surface area contributed by atoms with Crippen LogP contribution in [-0.2, 0) is 9.53 Å². The molecule has 2 saturated heterocycles. The lowest BCUT2D eigenvalue weighted by molar-refractivity contribution is -0.134.